The molecule has 26 heavy (non-hydrogen) atoms. The molecule has 0 aliphatic rings. The van der Waals surface area contributed by atoms with Crippen molar-refractivity contribution in [3.63, 3.8) is 0 Å². The first kappa shape index (κ1) is 17.9. The molecule has 1 atom stereocenters. The highest BCUT2D eigenvalue weighted by Gasteiger charge is 2.18. The van der Waals surface area contributed by atoms with Gasteiger partial charge in [0.25, 0.3) is 0 Å². The van der Waals surface area contributed by atoms with Gasteiger partial charge in [-0.25, -0.2) is 0 Å². The van der Waals surface area contributed by atoms with E-state index in [0.29, 0.717) is 16.4 Å². The molecule has 132 valence electrons. The Morgan fingerprint density at radius 3 is 2.62 bits per heavy atom. The second-order valence-electron chi connectivity index (χ2n) is 5.71. The topological polar surface area (TPSA) is 76.9 Å². The maximum atomic E-state index is 12.5. The number of ketones is 1. The molecule has 0 spiro atoms. The van der Waals surface area contributed by atoms with Gasteiger partial charge in [0.2, 0.25) is 5.91 Å². The van der Waals surface area contributed by atoms with Crippen molar-refractivity contribution in [3.05, 3.63) is 66.5 Å². The Morgan fingerprint density at radius 2 is 1.88 bits per heavy atom. The number of Topliss-reactive ketones (excluding diaryl/α,β-unsaturated/α-hetero) is 1. The number of aromatic nitrogens is 3. The zero-order valence-corrected chi connectivity index (χ0v) is 15.2. The van der Waals surface area contributed by atoms with E-state index in [1.807, 2.05) is 34.9 Å². The third kappa shape index (κ3) is 4.18. The summed E-state index contributed by atoms with van der Waals surface area (Å²) in [7, 11) is 0. The van der Waals surface area contributed by atoms with E-state index in [9.17, 15) is 9.59 Å². The fraction of sp³-hybridized carbons (Fsp3) is 0.158. The van der Waals surface area contributed by atoms with Crippen molar-refractivity contribution in [3.8, 4) is 5.69 Å². The molecule has 2 aromatic carbocycles. The number of nitrogens with one attached hydrogen (secondary N) is 1. The number of rotatable bonds is 6. The number of nitrogens with zero attached hydrogens (tertiary/aromatic N) is 3. The van der Waals surface area contributed by atoms with Crippen molar-refractivity contribution < 1.29 is 9.59 Å². The number of benzene rings is 2. The van der Waals surface area contributed by atoms with Crippen LogP contribution in [0.1, 0.15) is 24.2 Å². The van der Waals surface area contributed by atoms with Gasteiger partial charge in [-0.1, -0.05) is 42.1 Å². The summed E-state index contributed by atoms with van der Waals surface area (Å²) in [6, 6.07) is 16.6. The van der Waals surface area contributed by atoms with Crippen molar-refractivity contribution in [1.29, 1.82) is 0 Å². The van der Waals surface area contributed by atoms with E-state index in [-0.39, 0.29) is 16.9 Å². The van der Waals surface area contributed by atoms with Gasteiger partial charge in [-0.15, -0.1) is 10.2 Å². The van der Waals surface area contributed by atoms with E-state index in [1.54, 1.807) is 37.5 Å². The Labute approximate surface area is 155 Å². The summed E-state index contributed by atoms with van der Waals surface area (Å²) < 4.78 is 1.84. The van der Waals surface area contributed by atoms with Gasteiger partial charge in [-0.05, 0) is 38.1 Å². The SMILES string of the molecule is CC(=O)c1cccc(NC(=O)C(C)Sc2nncn2-c2ccccc2)c1. The third-order valence-corrected chi connectivity index (χ3v) is 4.80. The number of carbonyl (C=O) groups excluding carboxylic acids is 2. The van der Waals surface area contributed by atoms with Gasteiger partial charge in [0.15, 0.2) is 10.9 Å². The number of hydrogen-bond donors (Lipinski definition) is 1. The zero-order valence-electron chi connectivity index (χ0n) is 14.4. The molecule has 0 bridgehead atoms. The molecule has 0 aliphatic heterocycles. The van der Waals surface area contributed by atoms with Gasteiger partial charge in [0, 0.05) is 16.9 Å². The molecule has 1 amide bonds. The molecule has 0 aliphatic carbocycles. The molecule has 1 N–H and O–H groups in total. The van der Waals surface area contributed by atoms with Gasteiger partial charge in [-0.3, -0.25) is 14.2 Å². The lowest BCUT2D eigenvalue weighted by molar-refractivity contribution is -0.115. The standard InChI is InChI=1S/C19H18N4O2S/c1-13(24)15-7-6-8-16(11-15)21-18(25)14(2)26-19-22-20-12-23(19)17-9-4-3-5-10-17/h3-12,14H,1-2H3,(H,21,25). The molecule has 0 saturated heterocycles. The highest BCUT2D eigenvalue weighted by Crippen LogP contribution is 2.24. The minimum absolute atomic E-state index is 0.0421. The predicted molar refractivity (Wildman–Crippen MR) is 102 cm³/mol. The van der Waals surface area contributed by atoms with Gasteiger partial charge in [0.1, 0.15) is 6.33 Å². The normalized spacial score (nSPS) is 11.8. The number of anilines is 1. The Kier molecular flexibility index (Phi) is 5.48. The fourth-order valence-corrected chi connectivity index (χ4v) is 3.18. The first-order chi connectivity index (χ1) is 12.5. The average Bonchev–Trinajstić information content (AvgIpc) is 3.10. The summed E-state index contributed by atoms with van der Waals surface area (Å²) in [6.45, 7) is 3.30. The largest absolute Gasteiger partial charge is 0.325 e. The van der Waals surface area contributed by atoms with Crippen LogP contribution in [0.25, 0.3) is 5.69 Å². The van der Waals surface area contributed by atoms with Crippen molar-refractivity contribution >= 4 is 29.1 Å². The summed E-state index contributed by atoms with van der Waals surface area (Å²) in [4.78, 5) is 24.0. The maximum Gasteiger partial charge on any atom is 0.237 e. The molecule has 1 heterocycles. The molecule has 0 radical (unpaired) electrons. The number of amides is 1. The van der Waals surface area contributed by atoms with Crippen LogP contribution < -0.4 is 5.32 Å². The number of hydrogen-bond acceptors (Lipinski definition) is 5. The minimum atomic E-state index is -0.386. The monoisotopic (exact) mass is 366 g/mol. The summed E-state index contributed by atoms with van der Waals surface area (Å²) in [5.74, 6) is -0.210. The molecule has 1 aromatic heterocycles. The fourth-order valence-electron chi connectivity index (χ4n) is 2.34. The lowest BCUT2D eigenvalue weighted by Crippen LogP contribution is -2.23. The first-order valence-corrected chi connectivity index (χ1v) is 8.96. The molecule has 6 nitrogen and oxygen atoms in total. The quantitative estimate of drug-likeness (QED) is 0.533. The molecule has 7 heteroatoms. The van der Waals surface area contributed by atoms with Crippen LogP contribution in [0.5, 0.6) is 0 Å². The van der Waals surface area contributed by atoms with Crippen LogP contribution in [-0.2, 0) is 4.79 Å². The summed E-state index contributed by atoms with van der Waals surface area (Å²) in [5.41, 5.74) is 2.09. The lowest BCUT2D eigenvalue weighted by Gasteiger charge is -2.13. The van der Waals surface area contributed by atoms with E-state index < -0.39 is 0 Å². The van der Waals surface area contributed by atoms with Crippen LogP contribution >= 0.6 is 11.8 Å². The highest BCUT2D eigenvalue weighted by atomic mass is 32.2. The second-order valence-corrected chi connectivity index (χ2v) is 7.01. The van der Waals surface area contributed by atoms with Crippen molar-refractivity contribution in [2.75, 3.05) is 5.32 Å². The van der Waals surface area contributed by atoms with E-state index in [2.05, 4.69) is 15.5 Å². The molecule has 0 fully saturated rings. The predicted octanol–water partition coefficient (Wildman–Crippen LogP) is 3.59. The Balaban J connectivity index is 1.70. The average molecular weight is 366 g/mol. The zero-order chi connectivity index (χ0) is 18.5. The second kappa shape index (κ2) is 7.97. The van der Waals surface area contributed by atoms with Crippen molar-refractivity contribution in [2.24, 2.45) is 0 Å². The van der Waals surface area contributed by atoms with Gasteiger partial charge in [-0.2, -0.15) is 0 Å². The number of carbonyl (C=O) groups is 2. The lowest BCUT2D eigenvalue weighted by atomic mass is 10.1. The first-order valence-electron chi connectivity index (χ1n) is 8.08. The Morgan fingerprint density at radius 1 is 1.12 bits per heavy atom. The van der Waals surface area contributed by atoms with Gasteiger partial charge >= 0.3 is 0 Å². The van der Waals surface area contributed by atoms with Gasteiger partial charge < -0.3 is 5.32 Å². The molecular formula is C19H18N4O2S. The molecular weight excluding hydrogens is 348 g/mol. The van der Waals surface area contributed by atoms with E-state index in [1.165, 1.54) is 18.7 Å². The van der Waals surface area contributed by atoms with Crippen LogP contribution in [0.3, 0.4) is 0 Å². The Bertz CT molecular complexity index is 924. The van der Waals surface area contributed by atoms with Crippen molar-refractivity contribution in [1.82, 2.24) is 14.8 Å². The molecule has 1 unspecified atom stereocenters. The minimum Gasteiger partial charge on any atom is -0.325 e. The van der Waals surface area contributed by atoms with Crippen molar-refractivity contribution in [2.45, 2.75) is 24.3 Å². The maximum absolute atomic E-state index is 12.5. The van der Waals surface area contributed by atoms with Gasteiger partial charge in [0.05, 0.1) is 5.25 Å². The third-order valence-electron chi connectivity index (χ3n) is 3.74. The van der Waals surface area contributed by atoms with Crippen LogP contribution in [-0.4, -0.2) is 31.7 Å². The molecule has 3 rings (SSSR count). The number of thioether (sulfide) groups is 1. The Hall–Kier alpha value is -2.93. The van der Waals surface area contributed by atoms with E-state index in [0.717, 1.165) is 5.69 Å². The van der Waals surface area contributed by atoms with Crippen LogP contribution in [0, 0.1) is 0 Å². The summed E-state index contributed by atoms with van der Waals surface area (Å²) in [5, 5.41) is 11.1. The number of para-hydroxylation sites is 1. The molecule has 3 aromatic rings. The van der Waals surface area contributed by atoms with E-state index in [4.69, 9.17) is 0 Å². The van der Waals surface area contributed by atoms with Crippen LogP contribution in [0.4, 0.5) is 5.69 Å². The summed E-state index contributed by atoms with van der Waals surface area (Å²) >= 11 is 1.32. The van der Waals surface area contributed by atoms with E-state index >= 15 is 0 Å². The molecule has 0 saturated carbocycles. The smallest absolute Gasteiger partial charge is 0.237 e. The summed E-state index contributed by atoms with van der Waals surface area (Å²) in [6.07, 6.45) is 1.62. The van der Waals surface area contributed by atoms with Crippen LogP contribution in [0.15, 0.2) is 66.1 Å². The highest BCUT2D eigenvalue weighted by molar-refractivity contribution is 8.00. The van der Waals surface area contributed by atoms with Crippen LogP contribution in [0.2, 0.25) is 0 Å².